The molecule has 1 aliphatic heterocycles. The molecule has 8 nitrogen and oxygen atoms in total. The number of anilines is 1. The van der Waals surface area contributed by atoms with Crippen LogP contribution in [-0.4, -0.2) is 34.9 Å². The normalized spacial score (nSPS) is 18.2. The van der Waals surface area contributed by atoms with Crippen LogP contribution in [0.3, 0.4) is 0 Å². The van der Waals surface area contributed by atoms with Crippen LogP contribution in [0.4, 0.5) is 18.9 Å². The van der Waals surface area contributed by atoms with Gasteiger partial charge in [0.05, 0.1) is 17.9 Å². The lowest BCUT2D eigenvalue weighted by molar-refractivity contribution is -0.114. The molecule has 1 aromatic heterocycles. The molecule has 1 aromatic carbocycles. The van der Waals surface area contributed by atoms with Gasteiger partial charge in [-0.2, -0.15) is 5.10 Å². The zero-order valence-electron chi connectivity index (χ0n) is 16.9. The van der Waals surface area contributed by atoms with Crippen molar-refractivity contribution in [2.75, 3.05) is 18.0 Å². The first kappa shape index (κ1) is 23.3. The fraction of sp³-hybridized carbons (Fsp3) is 0.300. The van der Waals surface area contributed by atoms with Crippen LogP contribution in [0.2, 0.25) is 5.02 Å². The molecule has 5 N–H and O–H groups in total. The minimum Gasteiger partial charge on any atom is -0.394 e. The number of amides is 1. The van der Waals surface area contributed by atoms with E-state index < -0.39 is 35.3 Å². The van der Waals surface area contributed by atoms with Gasteiger partial charge >= 0.3 is 0 Å². The van der Waals surface area contributed by atoms with Crippen LogP contribution in [0.25, 0.3) is 0 Å². The number of aromatic nitrogens is 2. The summed E-state index contributed by atoms with van der Waals surface area (Å²) in [6.07, 6.45) is -1.27. The third kappa shape index (κ3) is 4.77. The summed E-state index contributed by atoms with van der Waals surface area (Å²) in [4.78, 5) is 29.7. The van der Waals surface area contributed by atoms with Gasteiger partial charge in [0, 0.05) is 36.4 Å². The maximum absolute atomic E-state index is 13.5. The number of piperidine rings is 1. The molecular formula is C20H20ClF3N6O2. The molecule has 0 bridgehead atoms. The van der Waals surface area contributed by atoms with E-state index in [9.17, 15) is 22.8 Å². The molecule has 2 heterocycles. The number of rotatable bonds is 5. The van der Waals surface area contributed by atoms with Crippen LogP contribution >= 0.6 is 11.6 Å². The molecular weight excluding hydrogens is 449 g/mol. The molecule has 1 atom stereocenters. The summed E-state index contributed by atoms with van der Waals surface area (Å²) in [5, 5.41) is 5.86. The fourth-order valence-electron chi connectivity index (χ4n) is 3.50. The summed E-state index contributed by atoms with van der Waals surface area (Å²) < 4.78 is 40.3. The SMILES string of the molecule is CC(N=C1CCN(c2cn[nH]c(=O)c2Cl)CC1=C(N)C(N)=O)c1ccc(F)cc1C(F)F. The third-order valence-corrected chi connectivity index (χ3v) is 5.47. The van der Waals surface area contributed by atoms with Gasteiger partial charge in [0.25, 0.3) is 17.9 Å². The molecule has 2 aromatic rings. The van der Waals surface area contributed by atoms with Gasteiger partial charge < -0.3 is 16.4 Å². The molecule has 12 heteroatoms. The number of H-pyrrole nitrogens is 1. The number of carbonyl (C=O) groups is 1. The van der Waals surface area contributed by atoms with Gasteiger partial charge in [-0.3, -0.25) is 14.6 Å². The Hall–Kier alpha value is -3.34. The van der Waals surface area contributed by atoms with Crippen LogP contribution in [0.1, 0.15) is 36.9 Å². The molecule has 1 amide bonds. The predicted octanol–water partition coefficient (Wildman–Crippen LogP) is 2.61. The number of aliphatic imine (C=N–C) groups is 1. The van der Waals surface area contributed by atoms with Gasteiger partial charge in [-0.05, 0) is 24.6 Å². The maximum atomic E-state index is 13.5. The molecule has 1 fully saturated rings. The highest BCUT2D eigenvalue weighted by molar-refractivity contribution is 6.33. The zero-order valence-corrected chi connectivity index (χ0v) is 17.7. The van der Waals surface area contributed by atoms with Crippen LogP contribution in [0.15, 0.2) is 45.5 Å². The second kappa shape index (κ2) is 9.43. The number of hydrogen-bond acceptors (Lipinski definition) is 6. The van der Waals surface area contributed by atoms with Gasteiger partial charge in [-0.1, -0.05) is 17.7 Å². The number of carbonyl (C=O) groups excluding carboxylic acids is 1. The molecule has 170 valence electrons. The third-order valence-electron chi connectivity index (χ3n) is 5.11. The summed E-state index contributed by atoms with van der Waals surface area (Å²) in [5.41, 5.74) is 11.1. The summed E-state index contributed by atoms with van der Waals surface area (Å²) in [7, 11) is 0. The van der Waals surface area contributed by atoms with Crippen molar-refractivity contribution in [1.82, 2.24) is 10.2 Å². The maximum Gasteiger partial charge on any atom is 0.285 e. The number of nitrogens with two attached hydrogens (primary N) is 2. The summed E-state index contributed by atoms with van der Waals surface area (Å²) in [5.74, 6) is -1.66. The minimum absolute atomic E-state index is 0.0380. The Bertz CT molecular complexity index is 1160. The van der Waals surface area contributed by atoms with Crippen molar-refractivity contribution >= 4 is 28.9 Å². The summed E-state index contributed by atoms with van der Waals surface area (Å²) in [6, 6.07) is 2.33. The van der Waals surface area contributed by atoms with E-state index >= 15 is 0 Å². The Labute approximate surface area is 185 Å². The largest absolute Gasteiger partial charge is 0.394 e. The highest BCUT2D eigenvalue weighted by Gasteiger charge is 2.27. The van der Waals surface area contributed by atoms with Crippen LogP contribution < -0.4 is 21.9 Å². The molecule has 1 saturated heterocycles. The first-order valence-corrected chi connectivity index (χ1v) is 9.89. The van der Waals surface area contributed by atoms with Crippen molar-refractivity contribution in [3.05, 3.63) is 68.0 Å². The van der Waals surface area contributed by atoms with E-state index in [0.29, 0.717) is 17.9 Å². The standard InChI is InChI=1S/C20H20ClF3N6O2/c1-9(11-3-2-10(22)6-12(11)18(23)24)28-14-4-5-30(8-13(14)17(25)19(26)31)15-7-27-29-20(32)16(15)21/h2-3,6-7,9,18H,4-5,8,25H2,1H3,(H2,26,31)(H,29,32). The highest BCUT2D eigenvalue weighted by atomic mass is 35.5. The quantitative estimate of drug-likeness (QED) is 0.580. The number of halogens is 4. The molecule has 0 aliphatic carbocycles. The van der Waals surface area contributed by atoms with Gasteiger partial charge in [-0.25, -0.2) is 18.3 Å². The monoisotopic (exact) mass is 468 g/mol. The Balaban J connectivity index is 2.01. The predicted molar refractivity (Wildman–Crippen MR) is 114 cm³/mol. The smallest absolute Gasteiger partial charge is 0.285 e. The number of nitrogens with one attached hydrogen (secondary N) is 1. The van der Waals surface area contributed by atoms with E-state index in [4.69, 9.17) is 23.1 Å². The van der Waals surface area contributed by atoms with Crippen LogP contribution in [0, 0.1) is 5.82 Å². The van der Waals surface area contributed by atoms with Gasteiger partial charge in [0.1, 0.15) is 16.5 Å². The average molecular weight is 469 g/mol. The van der Waals surface area contributed by atoms with Crippen molar-refractivity contribution in [3.63, 3.8) is 0 Å². The number of alkyl halides is 2. The van der Waals surface area contributed by atoms with Gasteiger partial charge in [-0.15, -0.1) is 0 Å². The lowest BCUT2D eigenvalue weighted by atomic mass is 9.97. The van der Waals surface area contributed by atoms with E-state index in [1.165, 1.54) is 12.3 Å². The van der Waals surface area contributed by atoms with E-state index in [0.717, 1.165) is 12.1 Å². The summed E-state index contributed by atoms with van der Waals surface area (Å²) in [6.45, 7) is 1.95. The van der Waals surface area contributed by atoms with Crippen molar-refractivity contribution in [3.8, 4) is 0 Å². The van der Waals surface area contributed by atoms with Crippen molar-refractivity contribution in [2.45, 2.75) is 25.8 Å². The topological polar surface area (TPSA) is 130 Å². The minimum atomic E-state index is -2.89. The zero-order chi connectivity index (χ0) is 23.6. The molecule has 32 heavy (non-hydrogen) atoms. The van der Waals surface area contributed by atoms with Crippen molar-refractivity contribution in [2.24, 2.45) is 16.5 Å². The van der Waals surface area contributed by atoms with Crippen LogP contribution in [-0.2, 0) is 4.79 Å². The molecule has 0 spiro atoms. The van der Waals surface area contributed by atoms with E-state index in [2.05, 4.69) is 15.2 Å². The van der Waals surface area contributed by atoms with E-state index in [1.807, 2.05) is 0 Å². The number of nitrogens with zero attached hydrogens (tertiary/aromatic N) is 3. The lowest BCUT2D eigenvalue weighted by Gasteiger charge is -2.32. The molecule has 0 radical (unpaired) electrons. The molecule has 1 aliphatic rings. The molecule has 1 unspecified atom stereocenters. The second-order valence-corrected chi connectivity index (χ2v) is 7.53. The Morgan fingerprint density at radius 1 is 1.31 bits per heavy atom. The average Bonchev–Trinajstić information content (AvgIpc) is 2.75. The van der Waals surface area contributed by atoms with Crippen molar-refractivity contribution < 1.29 is 18.0 Å². The fourth-order valence-corrected chi connectivity index (χ4v) is 3.71. The number of hydrogen-bond donors (Lipinski definition) is 3. The second-order valence-electron chi connectivity index (χ2n) is 7.15. The summed E-state index contributed by atoms with van der Waals surface area (Å²) >= 11 is 6.08. The van der Waals surface area contributed by atoms with Gasteiger partial charge in [0.15, 0.2) is 0 Å². The van der Waals surface area contributed by atoms with E-state index in [-0.39, 0.29) is 34.8 Å². The first-order chi connectivity index (χ1) is 15.1. The Morgan fingerprint density at radius 2 is 2.03 bits per heavy atom. The Morgan fingerprint density at radius 3 is 2.69 bits per heavy atom. The highest BCUT2D eigenvalue weighted by Crippen LogP contribution is 2.32. The van der Waals surface area contributed by atoms with E-state index in [1.54, 1.807) is 11.8 Å². The Kier molecular flexibility index (Phi) is 6.87. The first-order valence-electron chi connectivity index (χ1n) is 9.51. The number of primary amides is 1. The molecule has 0 saturated carbocycles. The van der Waals surface area contributed by atoms with Crippen molar-refractivity contribution in [1.29, 1.82) is 0 Å². The number of aromatic amines is 1. The lowest BCUT2D eigenvalue weighted by Crippen LogP contribution is -2.40. The molecule has 3 rings (SSSR count). The van der Waals surface area contributed by atoms with Crippen LogP contribution in [0.5, 0.6) is 0 Å². The number of benzene rings is 1. The van der Waals surface area contributed by atoms with Gasteiger partial charge in [0.2, 0.25) is 0 Å².